The number of ether oxygens (including phenoxy) is 2. The molecule has 0 bridgehead atoms. The number of phenols is 1. The first kappa shape index (κ1) is 23.5. The molecule has 30 heavy (non-hydrogen) atoms. The standard InChI is InChI=1S/C21H26N2O6S/c1-21(2,3)30(27)23-17(15-8-7-14(28-4)10-18(15)24)11-19(25)16-9-6-13(12-22-16)20(26)29-5/h6-10,12,19,24-25H,11H2,1-5H3/t19-,30-/m0/s1. The second-order valence-corrected chi connectivity index (χ2v) is 9.37. The number of esters is 1. The SMILES string of the molecule is COC(=O)c1ccc([C@@H](O)CC(=N[S@@](=O)C(C)(C)C)c2ccc(OC)cc2O)nc1. The van der Waals surface area contributed by atoms with E-state index in [9.17, 15) is 19.2 Å². The van der Waals surface area contributed by atoms with E-state index < -0.39 is 27.8 Å². The molecule has 0 saturated heterocycles. The summed E-state index contributed by atoms with van der Waals surface area (Å²) in [6.45, 7) is 5.34. The van der Waals surface area contributed by atoms with Gasteiger partial charge >= 0.3 is 5.97 Å². The lowest BCUT2D eigenvalue weighted by Gasteiger charge is -2.18. The minimum Gasteiger partial charge on any atom is -0.507 e. The van der Waals surface area contributed by atoms with Gasteiger partial charge < -0.3 is 19.7 Å². The fraction of sp³-hybridized carbons (Fsp3) is 0.381. The zero-order valence-electron chi connectivity index (χ0n) is 17.6. The van der Waals surface area contributed by atoms with Gasteiger partial charge in [0.1, 0.15) is 28.6 Å². The van der Waals surface area contributed by atoms with Crippen LogP contribution in [0.15, 0.2) is 40.9 Å². The molecule has 0 aliphatic heterocycles. The number of aliphatic hydroxyl groups is 1. The molecule has 0 saturated carbocycles. The number of aromatic nitrogens is 1. The summed E-state index contributed by atoms with van der Waals surface area (Å²) < 4.78 is 26.0. The van der Waals surface area contributed by atoms with Crippen molar-refractivity contribution < 1.29 is 28.7 Å². The molecular formula is C21H26N2O6S. The van der Waals surface area contributed by atoms with Crippen LogP contribution in [0.25, 0.3) is 0 Å². The Hall–Kier alpha value is -2.78. The number of phenolic OH excluding ortho intramolecular Hbond substituents is 1. The Morgan fingerprint density at radius 2 is 1.93 bits per heavy atom. The molecule has 0 spiro atoms. The van der Waals surface area contributed by atoms with Crippen LogP contribution in [0, 0.1) is 0 Å². The maximum Gasteiger partial charge on any atom is 0.339 e. The summed E-state index contributed by atoms with van der Waals surface area (Å²) in [5.41, 5.74) is 1.14. The van der Waals surface area contributed by atoms with Gasteiger partial charge in [0.2, 0.25) is 0 Å². The van der Waals surface area contributed by atoms with Gasteiger partial charge in [-0.25, -0.2) is 9.00 Å². The summed E-state index contributed by atoms with van der Waals surface area (Å²) in [6.07, 6.45) is 0.153. The van der Waals surface area contributed by atoms with Crippen LogP contribution < -0.4 is 4.74 Å². The molecule has 0 unspecified atom stereocenters. The van der Waals surface area contributed by atoms with Gasteiger partial charge in [-0.15, -0.1) is 0 Å². The zero-order valence-corrected chi connectivity index (χ0v) is 18.4. The zero-order chi connectivity index (χ0) is 22.5. The number of carbonyl (C=O) groups is 1. The fourth-order valence-electron chi connectivity index (χ4n) is 2.44. The molecule has 0 aliphatic carbocycles. The quantitative estimate of drug-likeness (QED) is 0.508. The molecule has 0 amide bonds. The van der Waals surface area contributed by atoms with Crippen LogP contribution in [0.5, 0.6) is 11.5 Å². The van der Waals surface area contributed by atoms with Crippen molar-refractivity contribution in [3.8, 4) is 11.5 Å². The van der Waals surface area contributed by atoms with E-state index >= 15 is 0 Å². The van der Waals surface area contributed by atoms with Crippen LogP contribution >= 0.6 is 0 Å². The molecule has 9 heteroatoms. The Bertz CT molecular complexity index is 951. The normalized spacial score (nSPS) is 14.1. The van der Waals surface area contributed by atoms with Crippen LogP contribution in [-0.2, 0) is 15.7 Å². The van der Waals surface area contributed by atoms with Gasteiger partial charge in [-0.05, 0) is 45.0 Å². The van der Waals surface area contributed by atoms with Gasteiger partial charge in [-0.1, -0.05) is 0 Å². The minimum absolute atomic E-state index is 0.0493. The number of benzene rings is 1. The highest BCUT2D eigenvalue weighted by atomic mass is 32.2. The number of nitrogens with zero attached hydrogens (tertiary/aromatic N) is 2. The Balaban J connectivity index is 2.39. The van der Waals surface area contributed by atoms with E-state index in [2.05, 4.69) is 14.1 Å². The smallest absolute Gasteiger partial charge is 0.339 e. The summed E-state index contributed by atoms with van der Waals surface area (Å²) in [5, 5.41) is 21.1. The third-order valence-corrected chi connectivity index (χ3v) is 5.60. The topological polar surface area (TPSA) is 118 Å². The van der Waals surface area contributed by atoms with Crippen LogP contribution in [0.4, 0.5) is 0 Å². The molecule has 0 aliphatic rings. The van der Waals surface area contributed by atoms with Crippen molar-refractivity contribution in [1.82, 2.24) is 4.98 Å². The molecule has 1 heterocycles. The second-order valence-electron chi connectivity index (χ2n) is 7.47. The third-order valence-electron chi connectivity index (χ3n) is 4.17. The third kappa shape index (κ3) is 5.87. The molecule has 0 fully saturated rings. The van der Waals surface area contributed by atoms with Crippen molar-refractivity contribution in [3.63, 3.8) is 0 Å². The van der Waals surface area contributed by atoms with E-state index in [1.165, 1.54) is 38.6 Å². The maximum atomic E-state index is 12.6. The number of pyridine rings is 1. The van der Waals surface area contributed by atoms with Crippen LogP contribution in [-0.4, -0.2) is 50.1 Å². The summed E-state index contributed by atoms with van der Waals surface area (Å²) in [6, 6.07) is 7.64. The highest BCUT2D eigenvalue weighted by molar-refractivity contribution is 7.85. The van der Waals surface area contributed by atoms with Crippen molar-refractivity contribution in [2.45, 2.75) is 38.0 Å². The molecule has 8 nitrogen and oxygen atoms in total. The summed E-state index contributed by atoms with van der Waals surface area (Å²) in [5.74, 6) is -0.192. The largest absolute Gasteiger partial charge is 0.507 e. The molecule has 1 aromatic heterocycles. The Labute approximate surface area is 178 Å². The molecule has 2 rings (SSSR count). The van der Waals surface area contributed by atoms with E-state index in [4.69, 9.17) is 4.74 Å². The van der Waals surface area contributed by atoms with Gasteiger partial charge in [-0.3, -0.25) is 4.98 Å². The van der Waals surface area contributed by atoms with Gasteiger partial charge in [0.15, 0.2) is 0 Å². The number of rotatable bonds is 7. The van der Waals surface area contributed by atoms with Gasteiger partial charge in [0.05, 0.1) is 35.9 Å². The van der Waals surface area contributed by atoms with Crippen LogP contribution in [0.1, 0.15) is 54.9 Å². The second kappa shape index (κ2) is 9.82. The monoisotopic (exact) mass is 434 g/mol. The van der Waals surface area contributed by atoms with Gasteiger partial charge in [-0.2, -0.15) is 4.40 Å². The first-order valence-electron chi connectivity index (χ1n) is 9.16. The van der Waals surface area contributed by atoms with E-state index in [1.807, 2.05) is 0 Å². The van der Waals surface area contributed by atoms with Crippen LogP contribution in [0.3, 0.4) is 0 Å². The number of methoxy groups -OCH3 is 2. The van der Waals surface area contributed by atoms with Crippen molar-refractivity contribution >= 4 is 22.7 Å². The molecule has 1 aromatic carbocycles. The predicted octanol–water partition coefficient (Wildman–Crippen LogP) is 2.96. The average molecular weight is 435 g/mol. The lowest BCUT2D eigenvalue weighted by Crippen LogP contribution is -2.22. The van der Waals surface area contributed by atoms with Gasteiger partial charge in [0, 0.05) is 24.2 Å². The maximum absolute atomic E-state index is 12.6. The first-order valence-corrected chi connectivity index (χ1v) is 10.3. The molecule has 2 atom stereocenters. The Kier molecular flexibility index (Phi) is 7.69. The molecule has 2 N–H and O–H groups in total. The van der Waals surface area contributed by atoms with Crippen molar-refractivity contribution in [1.29, 1.82) is 0 Å². The minimum atomic E-state index is -1.61. The van der Waals surface area contributed by atoms with E-state index in [0.29, 0.717) is 17.0 Å². The summed E-state index contributed by atoms with van der Waals surface area (Å²) in [4.78, 5) is 15.7. The van der Waals surface area contributed by atoms with Gasteiger partial charge in [0.25, 0.3) is 0 Å². The number of hydrogen-bond acceptors (Lipinski definition) is 7. The van der Waals surface area contributed by atoms with Crippen molar-refractivity contribution in [2.75, 3.05) is 14.2 Å². The van der Waals surface area contributed by atoms with E-state index in [1.54, 1.807) is 32.9 Å². The number of carbonyl (C=O) groups excluding carboxylic acids is 1. The lowest BCUT2D eigenvalue weighted by atomic mass is 10.0. The van der Waals surface area contributed by atoms with E-state index in [-0.39, 0.29) is 23.4 Å². The van der Waals surface area contributed by atoms with E-state index in [0.717, 1.165) is 0 Å². The van der Waals surface area contributed by atoms with Crippen LogP contribution in [0.2, 0.25) is 0 Å². The molecule has 162 valence electrons. The van der Waals surface area contributed by atoms with Crippen molar-refractivity contribution in [3.05, 3.63) is 53.3 Å². The fourth-order valence-corrected chi connectivity index (χ4v) is 3.09. The highest BCUT2D eigenvalue weighted by Gasteiger charge is 2.23. The highest BCUT2D eigenvalue weighted by Crippen LogP contribution is 2.28. The number of hydrogen-bond donors (Lipinski definition) is 2. The molecular weight excluding hydrogens is 408 g/mol. The Morgan fingerprint density at radius 3 is 2.43 bits per heavy atom. The average Bonchev–Trinajstić information content (AvgIpc) is 2.71. The Morgan fingerprint density at radius 1 is 1.23 bits per heavy atom. The summed E-state index contributed by atoms with van der Waals surface area (Å²) >= 11 is 0. The van der Waals surface area contributed by atoms with Crippen molar-refractivity contribution in [2.24, 2.45) is 4.40 Å². The number of aliphatic hydroxyl groups excluding tert-OH is 1. The molecule has 0 radical (unpaired) electrons. The number of aromatic hydroxyl groups is 1. The first-order chi connectivity index (χ1) is 14.1. The predicted molar refractivity (Wildman–Crippen MR) is 114 cm³/mol. The summed E-state index contributed by atoms with van der Waals surface area (Å²) in [7, 11) is 1.13. The molecule has 2 aromatic rings. The lowest BCUT2D eigenvalue weighted by molar-refractivity contribution is 0.0600.